The molecule has 0 aliphatic rings. The number of hydrogen-bond donors (Lipinski definition) is 2. The first-order chi connectivity index (χ1) is 7.99. The molecule has 0 saturated heterocycles. The third-order valence-electron chi connectivity index (χ3n) is 2.32. The largest absolute Gasteiger partial charge is 0.368 e. The van der Waals surface area contributed by atoms with Gasteiger partial charge in [-0.25, -0.2) is 14.6 Å². The fourth-order valence-electron chi connectivity index (χ4n) is 1.43. The normalized spacial score (nSPS) is 10.5. The predicted octanol–water partition coefficient (Wildman–Crippen LogP) is 0.563. The zero-order valence-corrected chi connectivity index (χ0v) is 9.77. The smallest absolute Gasteiger partial charge is 0.268 e. The summed E-state index contributed by atoms with van der Waals surface area (Å²) in [6.07, 6.45) is 1.47. The molecule has 0 unspecified atom stereocenters. The molecule has 0 aromatic carbocycles. The Morgan fingerprint density at radius 2 is 2.06 bits per heavy atom. The van der Waals surface area contributed by atoms with E-state index in [-0.39, 0.29) is 16.7 Å². The van der Waals surface area contributed by atoms with Gasteiger partial charge in [0.2, 0.25) is 5.95 Å². The van der Waals surface area contributed by atoms with E-state index in [9.17, 15) is 4.79 Å². The van der Waals surface area contributed by atoms with Gasteiger partial charge in [0.15, 0.2) is 0 Å². The first-order valence-corrected chi connectivity index (χ1v) is 5.14. The van der Waals surface area contributed by atoms with E-state index in [1.807, 2.05) is 0 Å². The van der Waals surface area contributed by atoms with Crippen LogP contribution in [0.1, 0.15) is 5.56 Å². The zero-order valence-electron chi connectivity index (χ0n) is 9.01. The Labute approximate surface area is 102 Å². The van der Waals surface area contributed by atoms with Crippen molar-refractivity contribution in [2.75, 3.05) is 11.6 Å². The summed E-state index contributed by atoms with van der Waals surface area (Å²) < 4.78 is 0.973. The lowest BCUT2D eigenvalue weighted by atomic mass is 10.1. The summed E-state index contributed by atoms with van der Waals surface area (Å²) in [5.74, 6) is 5.56. The average Bonchev–Trinajstić information content (AvgIpc) is 2.27. The van der Waals surface area contributed by atoms with Gasteiger partial charge in [-0.15, -0.1) is 0 Å². The molecule has 0 radical (unpaired) electrons. The van der Waals surface area contributed by atoms with Crippen molar-refractivity contribution in [1.29, 1.82) is 0 Å². The first kappa shape index (κ1) is 11.4. The highest BCUT2D eigenvalue weighted by Crippen LogP contribution is 2.25. The van der Waals surface area contributed by atoms with Crippen LogP contribution in [0, 0.1) is 6.92 Å². The van der Waals surface area contributed by atoms with Crippen LogP contribution in [0.4, 0.5) is 5.95 Å². The number of nitrogens with zero attached hydrogens (tertiary/aromatic N) is 3. The Balaban J connectivity index is 2.68. The van der Waals surface area contributed by atoms with Crippen LogP contribution in [0.5, 0.6) is 0 Å². The van der Waals surface area contributed by atoms with Gasteiger partial charge >= 0.3 is 0 Å². The van der Waals surface area contributed by atoms with Gasteiger partial charge in [0, 0.05) is 23.4 Å². The maximum Gasteiger partial charge on any atom is 0.268 e. The summed E-state index contributed by atoms with van der Waals surface area (Å²) in [6, 6.07) is 2.96. The molecule has 2 heterocycles. The van der Waals surface area contributed by atoms with Gasteiger partial charge in [0.05, 0.1) is 5.69 Å². The number of nitrogens with two attached hydrogens (primary N) is 2. The van der Waals surface area contributed by atoms with Crippen LogP contribution in [0.3, 0.4) is 0 Å². The van der Waals surface area contributed by atoms with Crippen molar-refractivity contribution in [3.63, 3.8) is 0 Å². The SMILES string of the molecule is Cc1c(Cl)nc(N)nc1-c1ccc(=O)n(N)c1. The van der Waals surface area contributed by atoms with Gasteiger partial charge in [-0.3, -0.25) is 4.79 Å². The van der Waals surface area contributed by atoms with E-state index in [1.165, 1.54) is 12.3 Å². The summed E-state index contributed by atoms with van der Waals surface area (Å²) in [6.45, 7) is 1.77. The van der Waals surface area contributed by atoms with Crippen LogP contribution in [-0.2, 0) is 0 Å². The monoisotopic (exact) mass is 251 g/mol. The first-order valence-electron chi connectivity index (χ1n) is 4.77. The minimum absolute atomic E-state index is 0.0744. The lowest BCUT2D eigenvalue weighted by molar-refractivity contribution is 0.937. The van der Waals surface area contributed by atoms with E-state index >= 15 is 0 Å². The van der Waals surface area contributed by atoms with Crippen LogP contribution < -0.4 is 17.1 Å². The van der Waals surface area contributed by atoms with E-state index in [0.29, 0.717) is 16.8 Å². The molecule has 4 N–H and O–H groups in total. The Kier molecular flexibility index (Phi) is 2.72. The molecule has 0 spiro atoms. The molecule has 88 valence electrons. The molecule has 0 fully saturated rings. The van der Waals surface area contributed by atoms with Gasteiger partial charge < -0.3 is 11.6 Å². The van der Waals surface area contributed by atoms with E-state index in [0.717, 1.165) is 4.68 Å². The third-order valence-corrected chi connectivity index (χ3v) is 2.68. The second-order valence-corrected chi connectivity index (χ2v) is 3.87. The molecule has 2 aromatic rings. The standard InChI is InChI=1S/C10H10ClN5O/c1-5-8(14-10(12)15-9(5)11)6-2-3-7(17)16(13)4-6/h2-4H,13H2,1H3,(H2,12,14,15). The van der Waals surface area contributed by atoms with Crippen molar-refractivity contribution in [3.05, 3.63) is 39.4 Å². The minimum atomic E-state index is -0.306. The van der Waals surface area contributed by atoms with Crippen molar-refractivity contribution >= 4 is 17.5 Å². The summed E-state index contributed by atoms with van der Waals surface area (Å²) in [5.41, 5.74) is 7.11. The van der Waals surface area contributed by atoms with Crippen LogP contribution in [-0.4, -0.2) is 14.6 Å². The van der Waals surface area contributed by atoms with E-state index in [4.69, 9.17) is 23.2 Å². The highest BCUT2D eigenvalue weighted by Gasteiger charge is 2.10. The lowest BCUT2D eigenvalue weighted by Gasteiger charge is -2.08. The van der Waals surface area contributed by atoms with Crippen LogP contribution in [0.25, 0.3) is 11.3 Å². The number of pyridine rings is 1. The van der Waals surface area contributed by atoms with E-state index < -0.39 is 0 Å². The second kappa shape index (κ2) is 4.06. The summed E-state index contributed by atoms with van der Waals surface area (Å²) in [5, 5.41) is 0.280. The number of anilines is 1. The molecule has 2 aromatic heterocycles. The number of halogens is 1. The molecule has 0 bridgehead atoms. The maximum absolute atomic E-state index is 11.2. The second-order valence-electron chi connectivity index (χ2n) is 3.51. The molecule has 0 aliphatic carbocycles. The molecule has 6 nitrogen and oxygen atoms in total. The molecule has 7 heteroatoms. The lowest BCUT2D eigenvalue weighted by Crippen LogP contribution is -2.25. The number of nitrogen functional groups attached to an aromatic ring is 2. The maximum atomic E-state index is 11.2. The summed E-state index contributed by atoms with van der Waals surface area (Å²) >= 11 is 5.91. The van der Waals surface area contributed by atoms with Gasteiger partial charge in [-0.05, 0) is 13.0 Å². The van der Waals surface area contributed by atoms with Crippen LogP contribution in [0.15, 0.2) is 23.1 Å². The van der Waals surface area contributed by atoms with E-state index in [2.05, 4.69) is 9.97 Å². The summed E-state index contributed by atoms with van der Waals surface area (Å²) in [7, 11) is 0. The Bertz CT molecular complexity index is 637. The van der Waals surface area contributed by atoms with Crippen LogP contribution >= 0.6 is 11.6 Å². The van der Waals surface area contributed by atoms with Crippen molar-refractivity contribution in [1.82, 2.24) is 14.6 Å². The van der Waals surface area contributed by atoms with Crippen molar-refractivity contribution in [3.8, 4) is 11.3 Å². The molecule has 17 heavy (non-hydrogen) atoms. The van der Waals surface area contributed by atoms with Crippen molar-refractivity contribution in [2.24, 2.45) is 0 Å². The number of aromatic nitrogens is 3. The van der Waals surface area contributed by atoms with Crippen molar-refractivity contribution < 1.29 is 0 Å². The molecule has 0 amide bonds. The fraction of sp³-hybridized carbons (Fsp3) is 0.100. The van der Waals surface area contributed by atoms with Crippen molar-refractivity contribution in [2.45, 2.75) is 6.92 Å². The topological polar surface area (TPSA) is 99.8 Å². The molecule has 2 rings (SSSR count). The Morgan fingerprint density at radius 1 is 1.35 bits per heavy atom. The zero-order chi connectivity index (χ0) is 12.6. The molecule has 0 atom stereocenters. The quantitative estimate of drug-likeness (QED) is 0.570. The Morgan fingerprint density at radius 3 is 2.71 bits per heavy atom. The highest BCUT2D eigenvalue weighted by atomic mass is 35.5. The molecular weight excluding hydrogens is 242 g/mol. The minimum Gasteiger partial charge on any atom is -0.368 e. The average molecular weight is 252 g/mol. The van der Waals surface area contributed by atoms with Gasteiger partial charge in [-0.2, -0.15) is 0 Å². The predicted molar refractivity (Wildman–Crippen MR) is 66.0 cm³/mol. The summed E-state index contributed by atoms with van der Waals surface area (Å²) in [4.78, 5) is 19.1. The van der Waals surface area contributed by atoms with Gasteiger partial charge in [-0.1, -0.05) is 11.6 Å². The van der Waals surface area contributed by atoms with E-state index in [1.54, 1.807) is 13.0 Å². The fourth-order valence-corrected chi connectivity index (χ4v) is 1.61. The number of hydrogen-bond acceptors (Lipinski definition) is 5. The highest BCUT2D eigenvalue weighted by molar-refractivity contribution is 6.30. The van der Waals surface area contributed by atoms with Gasteiger partial charge in [0.1, 0.15) is 5.15 Å². The Hall–Kier alpha value is -2.08. The third kappa shape index (κ3) is 2.07. The molecular formula is C10H10ClN5O. The number of rotatable bonds is 1. The molecule has 0 saturated carbocycles. The van der Waals surface area contributed by atoms with Gasteiger partial charge in [0.25, 0.3) is 5.56 Å². The van der Waals surface area contributed by atoms with Crippen LogP contribution in [0.2, 0.25) is 5.15 Å². The molecule has 0 aliphatic heterocycles.